The number of hydrogen-bond acceptors (Lipinski definition) is 3. The van der Waals surface area contributed by atoms with Crippen LogP contribution in [-0.4, -0.2) is 34.4 Å². The second-order valence-corrected chi connectivity index (χ2v) is 4.89. The third-order valence-corrected chi connectivity index (χ3v) is 2.37. The lowest BCUT2D eigenvalue weighted by atomic mass is 10.1. The fraction of sp³-hybridized carbons (Fsp3) is 0.750. The molecule has 6 heteroatoms. The average molecular weight is 238 g/mol. The van der Waals surface area contributed by atoms with E-state index in [0.717, 1.165) is 5.17 Å². The summed E-state index contributed by atoms with van der Waals surface area (Å²) in [7, 11) is 1.80. The zero-order chi connectivity index (χ0) is 10.1. The van der Waals surface area contributed by atoms with E-state index in [1.807, 2.05) is 20.8 Å². The van der Waals surface area contributed by atoms with Crippen LogP contribution in [0.3, 0.4) is 0 Å². The normalized spacial score (nSPS) is 20.4. The van der Waals surface area contributed by atoms with E-state index in [0.29, 0.717) is 5.75 Å². The Morgan fingerprint density at radius 2 is 2.07 bits per heavy atom. The van der Waals surface area contributed by atoms with Crippen molar-refractivity contribution in [3.63, 3.8) is 0 Å². The molecule has 1 aliphatic rings. The van der Waals surface area contributed by atoms with Gasteiger partial charge in [0.2, 0.25) is 5.91 Å². The molecule has 0 bridgehead atoms. The minimum absolute atomic E-state index is 0. The summed E-state index contributed by atoms with van der Waals surface area (Å²) in [6.45, 7) is 6.10. The molecule has 0 atom stereocenters. The number of rotatable bonds is 0. The van der Waals surface area contributed by atoms with Crippen LogP contribution >= 0.6 is 24.2 Å². The number of nitrogens with zero attached hydrogens (tertiary/aromatic N) is 2. The van der Waals surface area contributed by atoms with Crippen molar-refractivity contribution in [2.75, 3.05) is 12.8 Å². The van der Waals surface area contributed by atoms with Crippen molar-refractivity contribution >= 4 is 35.2 Å². The van der Waals surface area contributed by atoms with E-state index in [2.05, 4.69) is 10.4 Å². The zero-order valence-electron chi connectivity index (χ0n) is 8.83. The van der Waals surface area contributed by atoms with Gasteiger partial charge in [0.15, 0.2) is 5.17 Å². The minimum atomic E-state index is -0.0986. The molecular weight excluding hydrogens is 222 g/mol. The molecule has 0 saturated carbocycles. The quantitative estimate of drug-likeness (QED) is 0.690. The first kappa shape index (κ1) is 13.6. The Bertz CT molecular complexity index is 249. The highest BCUT2D eigenvalue weighted by atomic mass is 35.5. The van der Waals surface area contributed by atoms with Crippen LogP contribution in [-0.2, 0) is 4.79 Å². The molecule has 1 heterocycles. The van der Waals surface area contributed by atoms with Crippen molar-refractivity contribution < 1.29 is 4.79 Å². The molecule has 0 aromatic rings. The molecule has 1 rings (SSSR count). The van der Waals surface area contributed by atoms with Gasteiger partial charge in [0.05, 0.1) is 11.3 Å². The number of amides is 1. The van der Waals surface area contributed by atoms with Crippen molar-refractivity contribution in [1.29, 1.82) is 0 Å². The first-order valence-corrected chi connectivity index (χ1v) is 5.13. The summed E-state index contributed by atoms with van der Waals surface area (Å²) in [5.41, 5.74) is 2.60. The van der Waals surface area contributed by atoms with E-state index in [4.69, 9.17) is 0 Å². The summed E-state index contributed by atoms with van der Waals surface area (Å²) in [6, 6.07) is 0. The van der Waals surface area contributed by atoms with Gasteiger partial charge < -0.3 is 0 Å². The largest absolute Gasteiger partial charge is 0.272 e. The molecule has 1 aliphatic heterocycles. The van der Waals surface area contributed by atoms with Crippen molar-refractivity contribution in [3.05, 3.63) is 0 Å². The molecule has 1 fully saturated rings. The summed E-state index contributed by atoms with van der Waals surface area (Å²) in [4.78, 5) is 15.4. The third kappa shape index (κ3) is 4.19. The molecule has 1 N–H and O–H groups in total. The third-order valence-electron chi connectivity index (χ3n) is 1.34. The summed E-state index contributed by atoms with van der Waals surface area (Å²) in [5, 5.41) is 2.54. The van der Waals surface area contributed by atoms with Gasteiger partial charge in [0, 0.05) is 7.05 Å². The number of carbonyl (C=O) groups is 1. The summed E-state index contributed by atoms with van der Waals surface area (Å²) < 4.78 is 0. The van der Waals surface area contributed by atoms with Crippen molar-refractivity contribution in [2.45, 2.75) is 26.3 Å². The average Bonchev–Trinajstić information content (AvgIpc) is 1.93. The van der Waals surface area contributed by atoms with Crippen LogP contribution in [0.25, 0.3) is 0 Å². The Balaban J connectivity index is 0.00000169. The maximum Gasteiger partial charge on any atom is 0.249 e. The van der Waals surface area contributed by atoms with E-state index in [9.17, 15) is 4.79 Å². The SMILES string of the molecule is CN1NC(=O)CSC1=NC(C)(C)C.Cl. The maximum absolute atomic E-state index is 11.0. The predicted molar refractivity (Wildman–Crippen MR) is 62.8 cm³/mol. The number of halogens is 1. The molecule has 82 valence electrons. The standard InChI is InChI=1S/C8H15N3OS.ClH/c1-8(2,3)9-7-11(4)10-6(12)5-13-7;/h5H2,1-4H3,(H,10,12);1H. The fourth-order valence-corrected chi connectivity index (χ4v) is 1.79. The summed E-state index contributed by atoms with van der Waals surface area (Å²) in [5.74, 6) is 0.486. The van der Waals surface area contributed by atoms with Gasteiger partial charge in [-0.25, -0.2) is 0 Å². The number of hydrazine groups is 1. The Hall–Kier alpha value is -0.420. The van der Waals surface area contributed by atoms with E-state index in [-0.39, 0.29) is 23.9 Å². The molecule has 1 saturated heterocycles. The van der Waals surface area contributed by atoms with Crippen LogP contribution < -0.4 is 5.43 Å². The van der Waals surface area contributed by atoms with Gasteiger partial charge in [-0.1, -0.05) is 11.8 Å². The highest BCUT2D eigenvalue weighted by Gasteiger charge is 2.20. The lowest BCUT2D eigenvalue weighted by Crippen LogP contribution is -2.48. The number of aliphatic imine (C=N–C) groups is 1. The number of amidine groups is 1. The molecular formula is C8H16ClN3OS. The molecule has 0 spiro atoms. The van der Waals surface area contributed by atoms with Crippen LogP contribution in [0.1, 0.15) is 20.8 Å². The Labute approximate surface area is 94.9 Å². The van der Waals surface area contributed by atoms with Crippen LogP contribution in [0.15, 0.2) is 4.99 Å². The first-order valence-electron chi connectivity index (χ1n) is 4.14. The molecule has 14 heavy (non-hydrogen) atoms. The zero-order valence-corrected chi connectivity index (χ0v) is 10.5. The van der Waals surface area contributed by atoms with Crippen LogP contribution in [0, 0.1) is 0 Å². The van der Waals surface area contributed by atoms with E-state index in [1.165, 1.54) is 11.8 Å². The second kappa shape index (κ2) is 4.89. The molecule has 0 aromatic heterocycles. The molecule has 1 amide bonds. The molecule has 0 aliphatic carbocycles. The molecule has 0 radical (unpaired) electrons. The lowest BCUT2D eigenvalue weighted by molar-refractivity contribution is -0.121. The molecule has 0 aromatic carbocycles. The van der Waals surface area contributed by atoms with Gasteiger partial charge in [-0.2, -0.15) is 0 Å². The van der Waals surface area contributed by atoms with Crippen LogP contribution in [0.5, 0.6) is 0 Å². The van der Waals surface area contributed by atoms with Crippen molar-refractivity contribution in [3.8, 4) is 0 Å². The monoisotopic (exact) mass is 237 g/mol. The Morgan fingerprint density at radius 3 is 2.50 bits per heavy atom. The first-order chi connectivity index (χ1) is 5.88. The topological polar surface area (TPSA) is 44.7 Å². The van der Waals surface area contributed by atoms with Gasteiger partial charge in [-0.15, -0.1) is 12.4 Å². The van der Waals surface area contributed by atoms with E-state index >= 15 is 0 Å². The number of hydrogen-bond donors (Lipinski definition) is 1. The van der Waals surface area contributed by atoms with Gasteiger partial charge in [-0.05, 0) is 20.8 Å². The lowest BCUT2D eigenvalue weighted by Gasteiger charge is -2.28. The van der Waals surface area contributed by atoms with E-state index < -0.39 is 0 Å². The van der Waals surface area contributed by atoms with Gasteiger partial charge in [0.1, 0.15) is 0 Å². The highest BCUT2D eigenvalue weighted by molar-refractivity contribution is 8.14. The molecule has 0 unspecified atom stereocenters. The Kier molecular flexibility index (Phi) is 4.74. The van der Waals surface area contributed by atoms with Crippen molar-refractivity contribution in [2.24, 2.45) is 4.99 Å². The van der Waals surface area contributed by atoms with Crippen LogP contribution in [0.4, 0.5) is 0 Å². The molecule has 4 nitrogen and oxygen atoms in total. The number of carbonyl (C=O) groups excluding carboxylic acids is 1. The number of nitrogens with one attached hydrogen (secondary N) is 1. The van der Waals surface area contributed by atoms with Gasteiger partial charge in [-0.3, -0.25) is 20.2 Å². The summed E-state index contributed by atoms with van der Waals surface area (Å²) in [6.07, 6.45) is 0. The predicted octanol–water partition coefficient (Wildman–Crippen LogP) is 1.27. The highest BCUT2D eigenvalue weighted by Crippen LogP contribution is 2.16. The fourth-order valence-electron chi connectivity index (χ4n) is 0.888. The van der Waals surface area contributed by atoms with Crippen molar-refractivity contribution in [1.82, 2.24) is 10.4 Å². The maximum atomic E-state index is 11.0. The second-order valence-electron chi connectivity index (χ2n) is 3.95. The van der Waals surface area contributed by atoms with E-state index in [1.54, 1.807) is 12.1 Å². The summed E-state index contributed by atoms with van der Waals surface area (Å²) >= 11 is 1.47. The minimum Gasteiger partial charge on any atom is -0.272 e. The Morgan fingerprint density at radius 1 is 1.50 bits per heavy atom. The smallest absolute Gasteiger partial charge is 0.249 e. The van der Waals surface area contributed by atoms with Crippen LogP contribution in [0.2, 0.25) is 0 Å². The number of thioether (sulfide) groups is 1. The van der Waals surface area contributed by atoms with Gasteiger partial charge in [0.25, 0.3) is 0 Å². The van der Waals surface area contributed by atoms with Gasteiger partial charge >= 0.3 is 0 Å².